The van der Waals surface area contributed by atoms with Crippen LogP contribution in [0, 0.1) is 6.92 Å². The molecule has 0 aromatic carbocycles. The number of nitrogens with one attached hydrogen (secondary N) is 3. The first-order valence-corrected chi connectivity index (χ1v) is 6.89. The lowest BCUT2D eigenvalue weighted by Crippen LogP contribution is -2.24. The molecule has 9 heteroatoms. The fraction of sp³-hybridized carbons (Fsp3) is 0.0714. The summed E-state index contributed by atoms with van der Waals surface area (Å²) in [6, 6.07) is 4.59. The highest BCUT2D eigenvalue weighted by molar-refractivity contribution is 6.30. The summed E-state index contributed by atoms with van der Waals surface area (Å²) in [5.41, 5.74) is -0.630. The van der Waals surface area contributed by atoms with Crippen molar-refractivity contribution in [2.45, 2.75) is 6.92 Å². The van der Waals surface area contributed by atoms with Gasteiger partial charge in [-0.05, 0) is 30.7 Å². The Morgan fingerprint density at radius 1 is 1.26 bits per heavy atom. The van der Waals surface area contributed by atoms with Crippen LogP contribution in [-0.2, 0) is 0 Å². The Hall–Kier alpha value is -3.00. The van der Waals surface area contributed by atoms with Crippen LogP contribution in [0.15, 0.2) is 34.0 Å². The number of carbonyl (C=O) groups is 1. The fourth-order valence-electron chi connectivity index (χ4n) is 2.10. The number of nitrogens with zero attached hydrogens (tertiary/aromatic N) is 2. The van der Waals surface area contributed by atoms with Gasteiger partial charge in [-0.25, -0.2) is 14.8 Å². The van der Waals surface area contributed by atoms with Crippen molar-refractivity contribution in [2.24, 2.45) is 0 Å². The lowest BCUT2D eigenvalue weighted by Gasteiger charge is -2.06. The van der Waals surface area contributed by atoms with Gasteiger partial charge >= 0.3 is 5.69 Å². The van der Waals surface area contributed by atoms with E-state index in [0.717, 1.165) is 0 Å². The molecule has 0 fully saturated rings. The number of pyridine rings is 2. The second-order valence-corrected chi connectivity index (χ2v) is 5.21. The Morgan fingerprint density at radius 2 is 2.04 bits per heavy atom. The number of H-pyrrole nitrogens is 2. The predicted molar refractivity (Wildman–Crippen MR) is 84.9 cm³/mol. The van der Waals surface area contributed by atoms with Crippen molar-refractivity contribution < 1.29 is 4.79 Å². The number of anilines is 1. The van der Waals surface area contributed by atoms with Crippen LogP contribution in [-0.4, -0.2) is 25.8 Å². The summed E-state index contributed by atoms with van der Waals surface area (Å²) in [5, 5.41) is 3.23. The van der Waals surface area contributed by atoms with Gasteiger partial charge in [0.1, 0.15) is 17.2 Å². The zero-order valence-electron chi connectivity index (χ0n) is 11.8. The number of aryl methyl sites for hydroxylation is 1. The molecule has 23 heavy (non-hydrogen) atoms. The quantitative estimate of drug-likeness (QED) is 0.652. The number of fused-ring (bicyclic) bond motifs is 1. The lowest BCUT2D eigenvalue weighted by molar-refractivity contribution is 0.102. The highest BCUT2D eigenvalue weighted by atomic mass is 35.5. The maximum absolute atomic E-state index is 12.2. The number of halogens is 1. The third-order valence-corrected chi connectivity index (χ3v) is 3.33. The third kappa shape index (κ3) is 2.97. The minimum absolute atomic E-state index is 0.0490. The molecule has 3 N–H and O–H groups in total. The number of aromatic amines is 2. The summed E-state index contributed by atoms with van der Waals surface area (Å²) in [4.78, 5) is 47.9. The molecule has 3 rings (SSSR count). The third-order valence-electron chi connectivity index (χ3n) is 3.10. The molecule has 3 heterocycles. The maximum Gasteiger partial charge on any atom is 0.327 e. The van der Waals surface area contributed by atoms with E-state index in [9.17, 15) is 14.4 Å². The lowest BCUT2D eigenvalue weighted by atomic mass is 10.1. The standard InChI is InChI=1S/C14H10ClN5O3/c1-6-4-8(12(21)18-9-3-2-7(15)5-16-9)17-11-10(6)13(22)20-14(23)19-11/h2-5H,1H3,(H,16,18,21)(H2,17,19,20,22,23). The summed E-state index contributed by atoms with van der Waals surface area (Å²) in [6.07, 6.45) is 1.40. The normalized spacial score (nSPS) is 10.7. The average Bonchev–Trinajstić information content (AvgIpc) is 2.48. The summed E-state index contributed by atoms with van der Waals surface area (Å²) in [6.45, 7) is 1.65. The van der Waals surface area contributed by atoms with E-state index in [1.165, 1.54) is 12.3 Å². The first-order valence-electron chi connectivity index (χ1n) is 6.51. The van der Waals surface area contributed by atoms with Gasteiger partial charge in [0.15, 0.2) is 0 Å². The minimum atomic E-state index is -0.689. The van der Waals surface area contributed by atoms with Crippen molar-refractivity contribution in [3.8, 4) is 0 Å². The molecule has 0 aliphatic heterocycles. The van der Waals surface area contributed by atoms with Crippen LogP contribution in [0.2, 0.25) is 5.02 Å². The molecule has 0 atom stereocenters. The number of hydrogen-bond acceptors (Lipinski definition) is 5. The van der Waals surface area contributed by atoms with Crippen LogP contribution in [0.5, 0.6) is 0 Å². The van der Waals surface area contributed by atoms with E-state index < -0.39 is 17.2 Å². The number of hydrogen-bond donors (Lipinski definition) is 3. The SMILES string of the molecule is Cc1cc(C(=O)Nc2ccc(Cl)cn2)nc2[nH]c(=O)[nH]c(=O)c12. The van der Waals surface area contributed by atoms with Crippen LogP contribution in [0.3, 0.4) is 0 Å². The molecule has 1 amide bonds. The van der Waals surface area contributed by atoms with Crippen LogP contribution >= 0.6 is 11.6 Å². The smallest absolute Gasteiger partial charge is 0.305 e. The van der Waals surface area contributed by atoms with Crippen LogP contribution in [0.4, 0.5) is 5.82 Å². The number of rotatable bonds is 2. The van der Waals surface area contributed by atoms with Crippen molar-refractivity contribution in [2.75, 3.05) is 5.32 Å². The van der Waals surface area contributed by atoms with Gasteiger partial charge in [0, 0.05) is 6.20 Å². The molecule has 0 spiro atoms. The molecule has 0 saturated heterocycles. The van der Waals surface area contributed by atoms with Crippen LogP contribution < -0.4 is 16.6 Å². The van der Waals surface area contributed by atoms with Crippen LogP contribution in [0.1, 0.15) is 16.1 Å². The number of carbonyl (C=O) groups excluding carboxylic acids is 1. The van der Waals surface area contributed by atoms with E-state index in [2.05, 4.69) is 25.3 Å². The Morgan fingerprint density at radius 3 is 2.74 bits per heavy atom. The topological polar surface area (TPSA) is 121 Å². The molecule has 0 bridgehead atoms. The molecule has 0 aliphatic carbocycles. The average molecular weight is 332 g/mol. The summed E-state index contributed by atoms with van der Waals surface area (Å²) in [5.74, 6) is -0.218. The van der Waals surface area contributed by atoms with Gasteiger partial charge in [0.05, 0.1) is 10.4 Å². The van der Waals surface area contributed by atoms with Crippen LogP contribution in [0.25, 0.3) is 11.0 Å². The van der Waals surface area contributed by atoms with Crippen molar-refractivity contribution in [1.82, 2.24) is 19.9 Å². The van der Waals surface area contributed by atoms with Crippen molar-refractivity contribution in [1.29, 1.82) is 0 Å². The molecule has 0 unspecified atom stereocenters. The monoisotopic (exact) mass is 331 g/mol. The van der Waals surface area contributed by atoms with Crippen molar-refractivity contribution in [3.63, 3.8) is 0 Å². The van der Waals surface area contributed by atoms with Gasteiger partial charge in [0.25, 0.3) is 11.5 Å². The molecule has 116 valence electrons. The van der Waals surface area contributed by atoms with Gasteiger partial charge < -0.3 is 5.32 Å². The van der Waals surface area contributed by atoms with E-state index in [-0.39, 0.29) is 16.7 Å². The van der Waals surface area contributed by atoms with E-state index >= 15 is 0 Å². The van der Waals surface area contributed by atoms with Gasteiger partial charge in [-0.2, -0.15) is 0 Å². The first-order chi connectivity index (χ1) is 10.9. The molecular formula is C14H10ClN5O3. The van der Waals surface area contributed by atoms with Gasteiger partial charge in [-0.3, -0.25) is 19.6 Å². The van der Waals surface area contributed by atoms with Gasteiger partial charge in [-0.15, -0.1) is 0 Å². The van der Waals surface area contributed by atoms with E-state index in [4.69, 9.17) is 11.6 Å². The Kier molecular flexibility index (Phi) is 3.67. The second kappa shape index (κ2) is 5.65. The number of aromatic nitrogens is 4. The summed E-state index contributed by atoms with van der Waals surface area (Å²) < 4.78 is 0. The van der Waals surface area contributed by atoms with Gasteiger partial charge in [0.2, 0.25) is 0 Å². The molecule has 3 aromatic rings. The fourth-order valence-corrected chi connectivity index (χ4v) is 2.21. The Labute approximate surface area is 133 Å². The highest BCUT2D eigenvalue weighted by Gasteiger charge is 2.13. The minimum Gasteiger partial charge on any atom is -0.305 e. The molecule has 0 aliphatic rings. The van der Waals surface area contributed by atoms with E-state index in [0.29, 0.717) is 16.4 Å². The predicted octanol–water partition coefficient (Wildman–Crippen LogP) is 1.22. The molecule has 8 nitrogen and oxygen atoms in total. The highest BCUT2D eigenvalue weighted by Crippen LogP contribution is 2.13. The first kappa shape index (κ1) is 14.9. The Balaban J connectivity index is 2.02. The zero-order chi connectivity index (χ0) is 16.6. The molecule has 0 radical (unpaired) electrons. The van der Waals surface area contributed by atoms with E-state index in [1.54, 1.807) is 19.1 Å². The molecule has 3 aromatic heterocycles. The summed E-state index contributed by atoms with van der Waals surface area (Å²) >= 11 is 5.73. The summed E-state index contributed by atoms with van der Waals surface area (Å²) in [7, 11) is 0. The number of amides is 1. The second-order valence-electron chi connectivity index (χ2n) is 4.77. The maximum atomic E-state index is 12.2. The van der Waals surface area contributed by atoms with E-state index in [1.807, 2.05) is 0 Å². The Bertz CT molecular complexity index is 1020. The zero-order valence-corrected chi connectivity index (χ0v) is 12.6. The molecular weight excluding hydrogens is 322 g/mol. The largest absolute Gasteiger partial charge is 0.327 e. The van der Waals surface area contributed by atoms with Crippen molar-refractivity contribution >= 4 is 34.4 Å². The van der Waals surface area contributed by atoms with Crippen molar-refractivity contribution in [3.05, 3.63) is 61.5 Å². The molecule has 0 saturated carbocycles. The van der Waals surface area contributed by atoms with Gasteiger partial charge in [-0.1, -0.05) is 11.6 Å².